The molecule has 0 amide bonds. The van der Waals surface area contributed by atoms with Gasteiger partial charge in [-0.3, -0.25) is 4.21 Å². The molecule has 204 valence electrons. The molecular formula is C25H36ClN6O4S-. The van der Waals surface area contributed by atoms with E-state index in [0.717, 1.165) is 69.6 Å². The van der Waals surface area contributed by atoms with Crippen molar-refractivity contribution in [1.29, 1.82) is 0 Å². The molecule has 3 N–H and O–H groups in total. The highest BCUT2D eigenvalue weighted by Gasteiger charge is 2.26. The van der Waals surface area contributed by atoms with Gasteiger partial charge in [0, 0.05) is 50.6 Å². The van der Waals surface area contributed by atoms with Gasteiger partial charge in [0.25, 0.3) is 0 Å². The summed E-state index contributed by atoms with van der Waals surface area (Å²) in [7, 11) is 3.39. The van der Waals surface area contributed by atoms with Crippen LogP contribution in [0.5, 0.6) is 5.75 Å². The topological polar surface area (TPSA) is 124 Å². The number of halogens is 1. The van der Waals surface area contributed by atoms with Gasteiger partial charge in [-0.2, -0.15) is 4.98 Å². The Morgan fingerprint density at radius 2 is 2.03 bits per heavy atom. The average molecular weight is 552 g/mol. The van der Waals surface area contributed by atoms with Crippen molar-refractivity contribution in [3.8, 4) is 5.75 Å². The predicted octanol–water partition coefficient (Wildman–Crippen LogP) is 3.28. The highest BCUT2D eigenvalue weighted by Crippen LogP contribution is 2.36. The lowest BCUT2D eigenvalue weighted by Crippen LogP contribution is -2.39. The summed E-state index contributed by atoms with van der Waals surface area (Å²) in [5, 5.41) is 7.29. The molecule has 1 aromatic heterocycles. The third kappa shape index (κ3) is 7.52. The number of rotatable bonds is 11. The first kappa shape index (κ1) is 28.0. The maximum absolute atomic E-state index is 11.0. The molecule has 1 aliphatic heterocycles. The highest BCUT2D eigenvalue weighted by atomic mass is 35.5. The van der Waals surface area contributed by atoms with Crippen LogP contribution in [0.2, 0.25) is 5.02 Å². The summed E-state index contributed by atoms with van der Waals surface area (Å²) >= 11 is 4.20. The zero-order chi connectivity index (χ0) is 26.2. The van der Waals surface area contributed by atoms with E-state index < -0.39 is 11.3 Å². The van der Waals surface area contributed by atoms with Crippen LogP contribution in [0.3, 0.4) is 0 Å². The second-order valence-electron chi connectivity index (χ2n) is 9.51. The van der Waals surface area contributed by atoms with Gasteiger partial charge in [-0.05, 0) is 48.8 Å². The van der Waals surface area contributed by atoms with E-state index in [9.17, 15) is 8.76 Å². The number of methoxy groups -OCH3 is 2. The number of fused-ring (bicyclic) bond motifs is 1. The van der Waals surface area contributed by atoms with Crippen LogP contribution in [0.1, 0.15) is 36.8 Å². The van der Waals surface area contributed by atoms with Gasteiger partial charge in [0.1, 0.15) is 10.8 Å². The molecule has 1 aromatic carbocycles. The van der Waals surface area contributed by atoms with E-state index in [4.69, 9.17) is 26.1 Å². The second kappa shape index (κ2) is 13.7. The van der Waals surface area contributed by atoms with E-state index in [1.165, 1.54) is 11.1 Å². The molecule has 12 heteroatoms. The van der Waals surface area contributed by atoms with Gasteiger partial charge < -0.3 is 29.6 Å². The molecule has 1 fully saturated rings. The fourth-order valence-electron chi connectivity index (χ4n) is 5.23. The van der Waals surface area contributed by atoms with Crippen LogP contribution in [0.15, 0.2) is 18.3 Å². The second-order valence-corrected chi connectivity index (χ2v) is 10.7. The van der Waals surface area contributed by atoms with Gasteiger partial charge in [0.15, 0.2) is 5.82 Å². The number of benzene rings is 1. The fourth-order valence-corrected chi connectivity index (χ4v) is 5.73. The molecule has 2 aliphatic rings. The van der Waals surface area contributed by atoms with Crippen molar-refractivity contribution in [2.75, 3.05) is 57.6 Å². The SMILES string of the molecule is COCCN1CCc2ccc(OC)c(Nc3ncc(Cl)c(N[C@@H]4CCCC[C@@H]4CNS(=O)[O-])n3)c2CC1. The lowest BCUT2D eigenvalue weighted by molar-refractivity contribution is 0.150. The Hall–Kier alpha value is -2.02. The molecule has 0 spiro atoms. The van der Waals surface area contributed by atoms with Crippen LogP contribution in [0.25, 0.3) is 0 Å². The standard InChI is InChI=1S/C25H37ClN6O4S/c1-35-14-13-32-11-9-17-7-8-22(36-2)23(19(17)10-12-32)30-25-27-16-20(26)24(31-25)29-21-6-4-3-5-18(21)15-28-37(33)34/h7-8,16,18,21,28H,3-6,9-15H2,1-2H3,(H,33,34)(H2,27,29,30,31)/p-1/t18-,21-/m1/s1. The van der Waals surface area contributed by atoms with Crippen molar-refractivity contribution in [2.45, 2.75) is 44.6 Å². The highest BCUT2D eigenvalue weighted by molar-refractivity contribution is 7.77. The minimum Gasteiger partial charge on any atom is -0.760 e. The molecule has 1 aliphatic carbocycles. The lowest BCUT2D eigenvalue weighted by atomic mass is 9.84. The van der Waals surface area contributed by atoms with Gasteiger partial charge >= 0.3 is 0 Å². The summed E-state index contributed by atoms with van der Waals surface area (Å²) in [4.78, 5) is 11.6. The van der Waals surface area contributed by atoms with Gasteiger partial charge in [-0.1, -0.05) is 30.5 Å². The normalized spacial score (nSPS) is 21.1. The summed E-state index contributed by atoms with van der Waals surface area (Å²) in [6.45, 7) is 3.91. The van der Waals surface area contributed by atoms with E-state index in [1.54, 1.807) is 20.4 Å². The van der Waals surface area contributed by atoms with Crippen LogP contribution in [-0.2, 0) is 28.8 Å². The molecule has 37 heavy (non-hydrogen) atoms. The summed E-state index contributed by atoms with van der Waals surface area (Å²) in [5.74, 6) is 1.84. The summed E-state index contributed by atoms with van der Waals surface area (Å²) in [6, 6.07) is 4.19. The number of nitrogens with one attached hydrogen (secondary N) is 3. The Kier molecular flexibility index (Phi) is 10.4. The van der Waals surface area contributed by atoms with Crippen LogP contribution < -0.4 is 20.1 Å². The Morgan fingerprint density at radius 3 is 2.81 bits per heavy atom. The molecule has 4 rings (SSSR count). The first-order chi connectivity index (χ1) is 18.0. The number of aromatic nitrogens is 2. The lowest BCUT2D eigenvalue weighted by Gasteiger charge is -2.33. The molecular weight excluding hydrogens is 516 g/mol. The maximum atomic E-state index is 11.0. The van der Waals surface area contributed by atoms with Crippen LogP contribution >= 0.6 is 11.6 Å². The minimum atomic E-state index is -2.28. The van der Waals surface area contributed by atoms with Crippen molar-refractivity contribution in [3.05, 3.63) is 34.5 Å². The van der Waals surface area contributed by atoms with Crippen LogP contribution in [0.4, 0.5) is 17.5 Å². The smallest absolute Gasteiger partial charge is 0.229 e. The Morgan fingerprint density at radius 1 is 1.22 bits per heavy atom. The molecule has 10 nitrogen and oxygen atoms in total. The van der Waals surface area contributed by atoms with Crippen molar-refractivity contribution in [2.24, 2.45) is 5.92 Å². The average Bonchev–Trinajstić information content (AvgIpc) is 3.11. The summed E-state index contributed by atoms with van der Waals surface area (Å²) < 4.78 is 35.5. The number of anilines is 3. The molecule has 1 unspecified atom stereocenters. The number of ether oxygens (including phenoxy) is 2. The zero-order valence-corrected chi connectivity index (χ0v) is 23.0. The molecule has 0 radical (unpaired) electrons. The molecule has 2 heterocycles. The molecule has 2 aromatic rings. The third-order valence-electron chi connectivity index (χ3n) is 7.25. The van der Waals surface area contributed by atoms with Crippen molar-refractivity contribution >= 4 is 40.3 Å². The first-order valence-corrected chi connectivity index (χ1v) is 14.2. The Balaban J connectivity index is 1.54. The quantitative estimate of drug-likeness (QED) is 0.361. The molecule has 3 atom stereocenters. The number of hydrogen-bond donors (Lipinski definition) is 3. The summed E-state index contributed by atoms with van der Waals surface area (Å²) in [6.07, 6.45) is 7.39. The maximum Gasteiger partial charge on any atom is 0.229 e. The van der Waals surface area contributed by atoms with E-state index in [2.05, 4.69) is 31.3 Å². The van der Waals surface area contributed by atoms with Crippen molar-refractivity contribution in [1.82, 2.24) is 19.6 Å². The minimum absolute atomic E-state index is 0.0608. The van der Waals surface area contributed by atoms with Crippen LogP contribution in [0, 0.1) is 5.92 Å². The molecule has 0 saturated heterocycles. The first-order valence-electron chi connectivity index (χ1n) is 12.8. The third-order valence-corrected chi connectivity index (χ3v) is 7.93. The largest absolute Gasteiger partial charge is 0.760 e. The van der Waals surface area contributed by atoms with E-state index in [-0.39, 0.29) is 12.0 Å². The number of nitrogens with zero attached hydrogens (tertiary/aromatic N) is 3. The zero-order valence-electron chi connectivity index (χ0n) is 21.4. The van der Waals surface area contributed by atoms with Crippen molar-refractivity contribution < 1.29 is 18.2 Å². The Bertz CT molecular complexity index is 1080. The van der Waals surface area contributed by atoms with E-state index >= 15 is 0 Å². The van der Waals surface area contributed by atoms with Gasteiger partial charge in [-0.25, -0.2) is 9.71 Å². The van der Waals surface area contributed by atoms with Gasteiger partial charge in [0.05, 0.1) is 25.6 Å². The van der Waals surface area contributed by atoms with E-state index in [0.29, 0.717) is 29.9 Å². The predicted molar refractivity (Wildman–Crippen MR) is 145 cm³/mol. The molecule has 1 saturated carbocycles. The fraction of sp³-hybridized carbons (Fsp3) is 0.600. The monoisotopic (exact) mass is 551 g/mol. The summed E-state index contributed by atoms with van der Waals surface area (Å²) in [5.41, 5.74) is 3.36. The Labute approximate surface area is 226 Å². The number of hydrogen-bond acceptors (Lipinski definition) is 9. The van der Waals surface area contributed by atoms with Gasteiger partial charge in [-0.15, -0.1) is 0 Å². The van der Waals surface area contributed by atoms with E-state index in [1.807, 2.05) is 6.07 Å². The van der Waals surface area contributed by atoms with Gasteiger partial charge in [0.2, 0.25) is 5.95 Å². The van der Waals surface area contributed by atoms with Crippen molar-refractivity contribution in [3.63, 3.8) is 0 Å². The molecule has 0 bridgehead atoms. The van der Waals surface area contributed by atoms with Crippen LogP contribution in [-0.4, -0.2) is 76.7 Å².